The van der Waals surface area contributed by atoms with Crippen LogP contribution in [0.15, 0.2) is 134 Å². The SMILES string of the molecule is [C-]#[N+]c1ccc(-c2cccc(-n3c4ccc(-c5ccccc5)cc4c4cc(-c5ccccc5)ncc43)n2)cc1. The van der Waals surface area contributed by atoms with Gasteiger partial charge in [0.05, 0.1) is 35.2 Å². The van der Waals surface area contributed by atoms with E-state index in [4.69, 9.17) is 16.5 Å². The van der Waals surface area contributed by atoms with Gasteiger partial charge in [-0.25, -0.2) is 9.83 Å². The summed E-state index contributed by atoms with van der Waals surface area (Å²) in [5.74, 6) is 0.823. The first-order chi connectivity index (χ1) is 19.3. The molecule has 3 aromatic heterocycles. The summed E-state index contributed by atoms with van der Waals surface area (Å²) in [4.78, 5) is 13.4. The van der Waals surface area contributed by atoms with Crippen LogP contribution >= 0.6 is 0 Å². The number of hydrogen-bond acceptors (Lipinski definition) is 2. The second kappa shape index (κ2) is 9.41. The van der Waals surface area contributed by atoms with Gasteiger partial charge in [-0.1, -0.05) is 97.1 Å². The van der Waals surface area contributed by atoms with Gasteiger partial charge in [-0.05, 0) is 47.0 Å². The second-order valence-corrected chi connectivity index (χ2v) is 9.43. The van der Waals surface area contributed by atoms with E-state index in [1.807, 2.05) is 72.9 Å². The summed E-state index contributed by atoms with van der Waals surface area (Å²) in [5.41, 5.74) is 8.90. The molecule has 0 unspecified atom stereocenters. The molecule has 4 aromatic carbocycles. The molecule has 4 heteroatoms. The Bertz CT molecular complexity index is 1900. The lowest BCUT2D eigenvalue weighted by molar-refractivity contribution is 1.08. The van der Waals surface area contributed by atoms with Crippen molar-refractivity contribution in [2.24, 2.45) is 0 Å². The zero-order chi connectivity index (χ0) is 26.2. The minimum atomic E-state index is 0.617. The maximum Gasteiger partial charge on any atom is 0.187 e. The van der Waals surface area contributed by atoms with Crippen molar-refractivity contribution in [1.29, 1.82) is 0 Å². The van der Waals surface area contributed by atoms with Crippen LogP contribution in [-0.2, 0) is 0 Å². The molecule has 0 spiro atoms. The van der Waals surface area contributed by atoms with E-state index >= 15 is 0 Å². The average molecular weight is 499 g/mol. The van der Waals surface area contributed by atoms with Gasteiger partial charge in [0.15, 0.2) is 5.69 Å². The first kappa shape index (κ1) is 22.7. The van der Waals surface area contributed by atoms with Gasteiger partial charge in [0.1, 0.15) is 5.82 Å². The van der Waals surface area contributed by atoms with Gasteiger partial charge in [-0.3, -0.25) is 9.55 Å². The van der Waals surface area contributed by atoms with Crippen LogP contribution in [0.25, 0.3) is 66.1 Å². The third kappa shape index (κ3) is 4.03. The van der Waals surface area contributed by atoms with Gasteiger partial charge in [0.25, 0.3) is 0 Å². The Hall–Kier alpha value is -5.53. The summed E-state index contributed by atoms with van der Waals surface area (Å²) in [7, 11) is 0. The maximum atomic E-state index is 7.24. The zero-order valence-electron chi connectivity index (χ0n) is 21.0. The lowest BCUT2D eigenvalue weighted by Crippen LogP contribution is -1.99. The van der Waals surface area contributed by atoms with Crippen LogP contribution in [0, 0.1) is 6.57 Å². The molecule has 0 aliphatic rings. The lowest BCUT2D eigenvalue weighted by atomic mass is 10.0. The molecule has 7 rings (SSSR count). The van der Waals surface area contributed by atoms with Gasteiger partial charge in [0.2, 0.25) is 0 Å². The van der Waals surface area contributed by atoms with E-state index in [0.717, 1.165) is 50.1 Å². The highest BCUT2D eigenvalue weighted by molar-refractivity contribution is 6.11. The molecule has 182 valence electrons. The van der Waals surface area contributed by atoms with Crippen molar-refractivity contribution in [1.82, 2.24) is 14.5 Å². The summed E-state index contributed by atoms with van der Waals surface area (Å²) in [5, 5.41) is 2.28. The fourth-order valence-corrected chi connectivity index (χ4v) is 5.16. The van der Waals surface area contributed by atoms with Crippen LogP contribution in [-0.4, -0.2) is 14.5 Å². The Morgan fingerprint density at radius 3 is 1.95 bits per heavy atom. The Kier molecular flexibility index (Phi) is 5.46. The molecular formula is C35H22N4. The molecule has 0 amide bonds. The van der Waals surface area contributed by atoms with E-state index in [9.17, 15) is 0 Å². The highest BCUT2D eigenvalue weighted by Gasteiger charge is 2.16. The van der Waals surface area contributed by atoms with Crippen molar-refractivity contribution in [2.75, 3.05) is 0 Å². The molecule has 0 atom stereocenters. The highest BCUT2D eigenvalue weighted by Crippen LogP contribution is 2.36. The Labute approximate surface area is 226 Å². The number of nitrogens with zero attached hydrogens (tertiary/aromatic N) is 4. The number of rotatable bonds is 4. The quantitative estimate of drug-likeness (QED) is 0.227. The molecule has 0 aliphatic carbocycles. The van der Waals surface area contributed by atoms with Crippen molar-refractivity contribution in [2.45, 2.75) is 0 Å². The van der Waals surface area contributed by atoms with Crippen LogP contribution in [0.3, 0.4) is 0 Å². The monoisotopic (exact) mass is 498 g/mol. The van der Waals surface area contributed by atoms with Crippen molar-refractivity contribution in [3.05, 3.63) is 145 Å². The number of benzene rings is 4. The third-order valence-electron chi connectivity index (χ3n) is 7.08. The third-order valence-corrected chi connectivity index (χ3v) is 7.08. The summed E-state index contributed by atoms with van der Waals surface area (Å²) in [6, 6.07) is 43.2. The molecule has 0 fully saturated rings. The molecule has 0 saturated carbocycles. The molecule has 7 aromatic rings. The zero-order valence-corrected chi connectivity index (χ0v) is 21.0. The Morgan fingerprint density at radius 2 is 1.21 bits per heavy atom. The molecular weight excluding hydrogens is 476 g/mol. The van der Waals surface area contributed by atoms with Gasteiger partial charge in [0, 0.05) is 16.3 Å². The lowest BCUT2D eigenvalue weighted by Gasteiger charge is -2.10. The van der Waals surface area contributed by atoms with E-state index in [-0.39, 0.29) is 0 Å². The number of pyridine rings is 2. The van der Waals surface area contributed by atoms with Crippen LogP contribution in [0.4, 0.5) is 5.69 Å². The molecule has 3 heterocycles. The van der Waals surface area contributed by atoms with E-state index < -0.39 is 0 Å². The van der Waals surface area contributed by atoms with Crippen molar-refractivity contribution in [3.63, 3.8) is 0 Å². The number of fused-ring (bicyclic) bond motifs is 3. The van der Waals surface area contributed by atoms with E-state index in [0.29, 0.717) is 5.69 Å². The van der Waals surface area contributed by atoms with Crippen LogP contribution in [0.2, 0.25) is 0 Å². The number of hydrogen-bond donors (Lipinski definition) is 0. The highest BCUT2D eigenvalue weighted by atomic mass is 15.1. The Morgan fingerprint density at radius 1 is 0.538 bits per heavy atom. The van der Waals surface area contributed by atoms with Crippen molar-refractivity contribution in [3.8, 4) is 39.5 Å². The van der Waals surface area contributed by atoms with Crippen molar-refractivity contribution < 1.29 is 0 Å². The van der Waals surface area contributed by atoms with Gasteiger partial charge in [-0.15, -0.1) is 0 Å². The second-order valence-electron chi connectivity index (χ2n) is 9.43. The molecule has 0 saturated heterocycles. The summed E-state index contributed by atoms with van der Waals surface area (Å²) in [6.45, 7) is 7.24. The molecule has 0 radical (unpaired) electrons. The van der Waals surface area contributed by atoms with Gasteiger partial charge >= 0.3 is 0 Å². The Balaban J connectivity index is 1.46. The average Bonchev–Trinajstić information content (AvgIpc) is 3.35. The molecule has 0 N–H and O–H groups in total. The maximum absolute atomic E-state index is 7.24. The smallest absolute Gasteiger partial charge is 0.187 e. The van der Waals surface area contributed by atoms with Crippen LogP contribution < -0.4 is 0 Å². The topological polar surface area (TPSA) is 35.1 Å². The summed E-state index contributed by atoms with van der Waals surface area (Å²) >= 11 is 0. The van der Waals surface area contributed by atoms with Crippen molar-refractivity contribution >= 4 is 27.5 Å². The van der Waals surface area contributed by atoms with Gasteiger partial charge < -0.3 is 0 Å². The largest absolute Gasteiger partial charge is 0.292 e. The fraction of sp³-hybridized carbons (Fsp3) is 0. The van der Waals surface area contributed by atoms with E-state index in [1.165, 1.54) is 11.1 Å². The first-order valence-corrected chi connectivity index (χ1v) is 12.8. The predicted molar refractivity (Wildman–Crippen MR) is 159 cm³/mol. The van der Waals surface area contributed by atoms with Crippen LogP contribution in [0.5, 0.6) is 0 Å². The minimum absolute atomic E-state index is 0.617. The van der Waals surface area contributed by atoms with Crippen LogP contribution in [0.1, 0.15) is 0 Å². The molecule has 4 nitrogen and oxygen atoms in total. The fourth-order valence-electron chi connectivity index (χ4n) is 5.16. The molecule has 39 heavy (non-hydrogen) atoms. The molecule has 0 bridgehead atoms. The van der Waals surface area contributed by atoms with Gasteiger partial charge in [-0.2, -0.15) is 0 Å². The summed E-state index contributed by atoms with van der Waals surface area (Å²) in [6.07, 6.45) is 1.96. The standard InChI is InChI=1S/C35H22N4/c1-36-28-18-15-26(16-19-28)31-13-8-14-35(38-31)39-33-20-17-27(24-9-4-2-5-10-24)21-29(33)30-22-32(37-23-34(30)39)25-11-6-3-7-12-25/h2-23H. The number of aromatic nitrogens is 3. The summed E-state index contributed by atoms with van der Waals surface area (Å²) < 4.78 is 2.19. The van der Waals surface area contributed by atoms with E-state index in [1.54, 1.807) is 0 Å². The first-order valence-electron chi connectivity index (χ1n) is 12.8. The van der Waals surface area contributed by atoms with E-state index in [2.05, 4.69) is 70.1 Å². The minimum Gasteiger partial charge on any atom is -0.292 e. The predicted octanol–water partition coefficient (Wildman–Crippen LogP) is 9.13. The molecule has 0 aliphatic heterocycles. The normalized spacial score (nSPS) is 11.1.